The summed E-state index contributed by atoms with van der Waals surface area (Å²) in [5.41, 5.74) is 2.91. The Morgan fingerprint density at radius 3 is 2.05 bits per heavy atom. The van der Waals surface area contributed by atoms with E-state index in [1.165, 1.54) is 12.1 Å². The summed E-state index contributed by atoms with van der Waals surface area (Å²) in [5.74, 6) is -0.216. The molecule has 0 fully saturated rings. The van der Waals surface area contributed by atoms with E-state index in [1.807, 2.05) is 43.3 Å². The van der Waals surface area contributed by atoms with Gasteiger partial charge in [-0.05, 0) is 42.0 Å². The van der Waals surface area contributed by atoms with Crippen LogP contribution in [0.3, 0.4) is 0 Å². The van der Waals surface area contributed by atoms with Gasteiger partial charge < -0.3 is 15.0 Å². The quantitative estimate of drug-likeness (QED) is 0.893. The largest absolute Gasteiger partial charge is 0.573 e. The van der Waals surface area contributed by atoms with Crippen molar-refractivity contribution in [1.29, 1.82) is 0 Å². The second kappa shape index (κ2) is 6.60. The zero-order valence-electron chi connectivity index (χ0n) is 12.3. The van der Waals surface area contributed by atoms with Gasteiger partial charge in [0.25, 0.3) is 0 Å². The number of halogens is 3. The summed E-state index contributed by atoms with van der Waals surface area (Å²) >= 11 is 0. The minimum absolute atomic E-state index is 0.216. The van der Waals surface area contributed by atoms with Crippen molar-refractivity contribution in [3.63, 3.8) is 0 Å². The highest BCUT2D eigenvalue weighted by atomic mass is 19.4. The highest BCUT2D eigenvalue weighted by Gasteiger charge is 2.30. The van der Waals surface area contributed by atoms with Crippen LogP contribution in [-0.4, -0.2) is 20.5 Å². The lowest BCUT2D eigenvalue weighted by molar-refractivity contribution is -0.274. The van der Waals surface area contributed by atoms with Crippen molar-refractivity contribution in [2.75, 3.05) is 24.3 Å². The minimum Gasteiger partial charge on any atom is -0.406 e. The number of rotatable bonds is 5. The van der Waals surface area contributed by atoms with Crippen molar-refractivity contribution in [2.45, 2.75) is 12.9 Å². The molecule has 0 saturated heterocycles. The molecule has 0 spiro atoms. The van der Waals surface area contributed by atoms with Crippen LogP contribution < -0.4 is 15.0 Å². The molecule has 22 heavy (non-hydrogen) atoms. The van der Waals surface area contributed by atoms with Crippen LogP contribution in [0.1, 0.15) is 5.56 Å². The van der Waals surface area contributed by atoms with Crippen LogP contribution in [0.4, 0.5) is 24.5 Å². The van der Waals surface area contributed by atoms with E-state index in [0.29, 0.717) is 6.54 Å². The first-order valence-corrected chi connectivity index (χ1v) is 6.69. The molecule has 2 aromatic carbocycles. The van der Waals surface area contributed by atoms with Crippen LogP contribution in [0.2, 0.25) is 0 Å². The molecule has 0 amide bonds. The fourth-order valence-corrected chi connectivity index (χ4v) is 1.89. The van der Waals surface area contributed by atoms with E-state index in [1.54, 1.807) is 12.1 Å². The third kappa shape index (κ3) is 4.87. The van der Waals surface area contributed by atoms with Crippen molar-refractivity contribution < 1.29 is 17.9 Å². The number of nitrogens with zero attached hydrogens (tertiary/aromatic N) is 1. The molecule has 6 heteroatoms. The van der Waals surface area contributed by atoms with Gasteiger partial charge in [0.1, 0.15) is 5.75 Å². The summed E-state index contributed by atoms with van der Waals surface area (Å²) in [4.78, 5) is 2.00. The Labute approximate surface area is 127 Å². The number of benzene rings is 2. The summed E-state index contributed by atoms with van der Waals surface area (Å²) < 4.78 is 40.0. The van der Waals surface area contributed by atoms with E-state index in [2.05, 4.69) is 10.1 Å². The monoisotopic (exact) mass is 310 g/mol. The maximum absolute atomic E-state index is 12.1. The third-order valence-electron chi connectivity index (χ3n) is 3.04. The molecule has 2 rings (SSSR count). The number of alkyl halides is 3. The van der Waals surface area contributed by atoms with E-state index in [-0.39, 0.29) is 5.75 Å². The zero-order chi connectivity index (χ0) is 16.2. The van der Waals surface area contributed by atoms with Gasteiger partial charge in [-0.3, -0.25) is 0 Å². The van der Waals surface area contributed by atoms with Gasteiger partial charge in [0.2, 0.25) is 0 Å². The topological polar surface area (TPSA) is 24.5 Å². The van der Waals surface area contributed by atoms with E-state index >= 15 is 0 Å². The molecule has 0 bridgehead atoms. The van der Waals surface area contributed by atoms with Gasteiger partial charge in [0.05, 0.1) is 0 Å². The van der Waals surface area contributed by atoms with E-state index in [0.717, 1.165) is 16.9 Å². The first kappa shape index (κ1) is 16.0. The van der Waals surface area contributed by atoms with Crippen molar-refractivity contribution in [2.24, 2.45) is 0 Å². The van der Waals surface area contributed by atoms with Gasteiger partial charge in [0.15, 0.2) is 0 Å². The van der Waals surface area contributed by atoms with Crippen LogP contribution in [-0.2, 0) is 6.54 Å². The van der Waals surface area contributed by atoms with Gasteiger partial charge >= 0.3 is 6.36 Å². The smallest absolute Gasteiger partial charge is 0.406 e. The van der Waals surface area contributed by atoms with Crippen LogP contribution >= 0.6 is 0 Å². The molecular weight excluding hydrogens is 293 g/mol. The van der Waals surface area contributed by atoms with Crippen molar-refractivity contribution in [1.82, 2.24) is 0 Å². The maximum atomic E-state index is 12.1. The highest BCUT2D eigenvalue weighted by molar-refractivity contribution is 5.54. The van der Waals surface area contributed by atoms with E-state index < -0.39 is 6.36 Å². The number of anilines is 2. The zero-order valence-corrected chi connectivity index (χ0v) is 12.3. The van der Waals surface area contributed by atoms with Gasteiger partial charge in [-0.25, -0.2) is 0 Å². The lowest BCUT2D eigenvalue weighted by Gasteiger charge is -2.13. The first-order chi connectivity index (χ1) is 10.3. The predicted molar refractivity (Wildman–Crippen MR) is 81.2 cm³/mol. The minimum atomic E-state index is -4.66. The standard InChI is InChI=1S/C16H17F3N2O/c1-21(2)14-7-5-13(6-8-14)20-11-12-3-9-15(10-4-12)22-16(17,18)19/h3-10,20H,11H2,1-2H3. The number of nitrogens with one attached hydrogen (secondary N) is 1. The molecule has 118 valence electrons. The lowest BCUT2D eigenvalue weighted by Crippen LogP contribution is -2.17. The summed E-state index contributed by atoms with van der Waals surface area (Å²) in [6.45, 7) is 0.521. The Hall–Kier alpha value is -2.37. The molecule has 0 aliphatic heterocycles. The molecule has 0 atom stereocenters. The Kier molecular flexibility index (Phi) is 4.80. The Morgan fingerprint density at radius 2 is 1.55 bits per heavy atom. The number of hydrogen-bond donors (Lipinski definition) is 1. The maximum Gasteiger partial charge on any atom is 0.573 e. The Morgan fingerprint density at radius 1 is 0.955 bits per heavy atom. The van der Waals surface area contributed by atoms with Gasteiger partial charge in [-0.2, -0.15) is 0 Å². The average Bonchev–Trinajstić information content (AvgIpc) is 2.45. The summed E-state index contributed by atoms with van der Waals surface area (Å²) in [6.07, 6.45) is -4.66. The van der Waals surface area contributed by atoms with E-state index in [4.69, 9.17) is 0 Å². The molecule has 0 radical (unpaired) electrons. The molecule has 0 aliphatic carbocycles. The molecule has 0 saturated carbocycles. The highest BCUT2D eigenvalue weighted by Crippen LogP contribution is 2.23. The second-order valence-electron chi connectivity index (χ2n) is 4.99. The van der Waals surface area contributed by atoms with Crippen LogP contribution in [0.5, 0.6) is 5.75 Å². The van der Waals surface area contributed by atoms with Crippen LogP contribution in [0.15, 0.2) is 48.5 Å². The molecule has 1 N–H and O–H groups in total. The molecule has 0 aliphatic rings. The van der Waals surface area contributed by atoms with Crippen molar-refractivity contribution in [3.8, 4) is 5.75 Å². The fourth-order valence-electron chi connectivity index (χ4n) is 1.89. The summed E-state index contributed by atoms with van der Waals surface area (Å²) in [7, 11) is 3.93. The second-order valence-corrected chi connectivity index (χ2v) is 4.99. The normalized spacial score (nSPS) is 11.1. The molecule has 0 unspecified atom stereocenters. The number of hydrogen-bond acceptors (Lipinski definition) is 3. The van der Waals surface area contributed by atoms with Crippen LogP contribution in [0, 0.1) is 0 Å². The Balaban J connectivity index is 1.91. The van der Waals surface area contributed by atoms with Gasteiger partial charge in [-0.15, -0.1) is 13.2 Å². The number of ether oxygens (including phenoxy) is 1. The van der Waals surface area contributed by atoms with Gasteiger partial charge in [-0.1, -0.05) is 12.1 Å². The lowest BCUT2D eigenvalue weighted by atomic mass is 10.2. The van der Waals surface area contributed by atoms with Gasteiger partial charge in [0, 0.05) is 32.0 Å². The summed E-state index contributed by atoms with van der Waals surface area (Å²) in [5, 5.41) is 3.21. The molecule has 0 aromatic heterocycles. The first-order valence-electron chi connectivity index (χ1n) is 6.69. The summed E-state index contributed by atoms with van der Waals surface area (Å²) in [6, 6.07) is 13.7. The van der Waals surface area contributed by atoms with Crippen molar-refractivity contribution >= 4 is 11.4 Å². The molecular formula is C16H17F3N2O. The average molecular weight is 310 g/mol. The molecule has 3 nitrogen and oxygen atoms in total. The SMILES string of the molecule is CN(C)c1ccc(NCc2ccc(OC(F)(F)F)cc2)cc1. The van der Waals surface area contributed by atoms with E-state index in [9.17, 15) is 13.2 Å². The Bertz CT molecular complexity index is 592. The third-order valence-corrected chi connectivity index (χ3v) is 3.04. The predicted octanol–water partition coefficient (Wildman–Crippen LogP) is 4.26. The van der Waals surface area contributed by atoms with Crippen molar-refractivity contribution in [3.05, 3.63) is 54.1 Å². The molecule has 2 aromatic rings. The fraction of sp³-hybridized carbons (Fsp3) is 0.250. The van der Waals surface area contributed by atoms with Crippen LogP contribution in [0.25, 0.3) is 0 Å². The molecule has 0 heterocycles.